The number of rotatable bonds is 12. The molecule has 4 aromatic carbocycles. The van der Waals surface area contributed by atoms with Gasteiger partial charge >= 0.3 is 6.09 Å². The van der Waals surface area contributed by atoms with Gasteiger partial charge in [0.15, 0.2) is 6.29 Å². The van der Waals surface area contributed by atoms with Gasteiger partial charge in [-0.15, -0.1) is 11.8 Å². The van der Waals surface area contributed by atoms with Crippen LogP contribution in [0.1, 0.15) is 41.6 Å². The van der Waals surface area contributed by atoms with Crippen molar-refractivity contribution in [1.29, 1.82) is 0 Å². The molecule has 2 N–H and O–H groups in total. The molecule has 0 aromatic heterocycles. The normalized spacial score (nSPS) is 19.4. The van der Waals surface area contributed by atoms with Crippen molar-refractivity contribution in [2.45, 2.75) is 43.5 Å². The Labute approximate surface area is 269 Å². The van der Waals surface area contributed by atoms with E-state index in [9.17, 15) is 9.90 Å². The molecule has 1 fully saturated rings. The second-order valence-electron chi connectivity index (χ2n) is 10.9. The number of alkyl carbamates (subject to hydrolysis) is 1. The highest BCUT2D eigenvalue weighted by atomic mass is 32.2. The molecule has 1 saturated heterocycles. The molecule has 0 aliphatic carbocycles. The number of hydrogen-bond donors (Lipinski definition) is 2. The van der Waals surface area contributed by atoms with E-state index in [0.29, 0.717) is 6.54 Å². The summed E-state index contributed by atoms with van der Waals surface area (Å²) >= 11 is 1.71. The smallest absolute Gasteiger partial charge is 0.407 e. The summed E-state index contributed by atoms with van der Waals surface area (Å²) in [6.07, 6.45) is 0.141. The third kappa shape index (κ3) is 8.35. The van der Waals surface area contributed by atoms with Crippen molar-refractivity contribution >= 4 is 17.9 Å². The number of nitrogens with one attached hydrogen (secondary N) is 1. The van der Waals surface area contributed by atoms with E-state index in [0.717, 1.165) is 49.8 Å². The standard InChI is InChI=1S/C37H39NO6S/c1-4-19-42-37(40)38-22-27-9-7-10-29(20-27)30-11-8-12-31(21-30)36-43-33(24-45-34-14-6-5-13-32(34)41-3)25(2)35(44-36)28-17-15-26(23-39)16-18-28/h4-18,20-21,25,33,35-36,39H,1,19,22-24H2,2-3H3,(H,38,40)/t25-,33+,35+,36+/m1/s1. The Morgan fingerprint density at radius 3 is 2.44 bits per heavy atom. The van der Waals surface area contributed by atoms with Crippen molar-refractivity contribution in [2.24, 2.45) is 5.92 Å². The second kappa shape index (κ2) is 15.8. The van der Waals surface area contributed by atoms with E-state index in [1.807, 2.05) is 72.8 Å². The number of ether oxygens (including phenoxy) is 4. The summed E-state index contributed by atoms with van der Waals surface area (Å²) in [6, 6.07) is 32.2. The number of hydrogen-bond acceptors (Lipinski definition) is 7. The van der Waals surface area contributed by atoms with Gasteiger partial charge in [0.05, 0.1) is 25.9 Å². The van der Waals surface area contributed by atoms with Gasteiger partial charge in [0.25, 0.3) is 0 Å². The fraction of sp³-hybridized carbons (Fsp3) is 0.270. The van der Waals surface area contributed by atoms with Gasteiger partial charge in [-0.3, -0.25) is 0 Å². The lowest BCUT2D eigenvalue weighted by atomic mass is 9.91. The number of aliphatic hydroxyl groups is 1. The number of aliphatic hydroxyl groups excluding tert-OH is 1. The van der Waals surface area contributed by atoms with Crippen molar-refractivity contribution in [1.82, 2.24) is 5.32 Å². The first-order chi connectivity index (χ1) is 22.0. The second-order valence-corrected chi connectivity index (χ2v) is 11.9. The molecule has 0 spiro atoms. The van der Waals surface area contributed by atoms with Gasteiger partial charge in [0.2, 0.25) is 0 Å². The van der Waals surface area contributed by atoms with Gasteiger partial charge in [0, 0.05) is 28.7 Å². The maximum absolute atomic E-state index is 11.9. The first kappa shape index (κ1) is 32.3. The SMILES string of the molecule is C=CCOC(=O)NCc1cccc(-c2cccc([C@H]3O[C@@H](CSc4ccccc4OC)[C@@H](C)[C@@H](c4ccc(CO)cc4)O3)c2)c1. The first-order valence-corrected chi connectivity index (χ1v) is 15.9. The van der Waals surface area contributed by atoms with E-state index in [1.54, 1.807) is 18.9 Å². The molecule has 5 rings (SSSR count). The Morgan fingerprint density at radius 2 is 1.69 bits per heavy atom. The molecule has 234 valence electrons. The van der Waals surface area contributed by atoms with Gasteiger partial charge in [-0.25, -0.2) is 4.79 Å². The predicted octanol–water partition coefficient (Wildman–Crippen LogP) is 7.85. The zero-order valence-electron chi connectivity index (χ0n) is 25.6. The van der Waals surface area contributed by atoms with Crippen molar-refractivity contribution in [3.05, 3.63) is 132 Å². The molecule has 0 bridgehead atoms. The van der Waals surface area contributed by atoms with Crippen LogP contribution < -0.4 is 10.1 Å². The van der Waals surface area contributed by atoms with Gasteiger partial charge in [-0.2, -0.15) is 0 Å². The third-order valence-corrected chi connectivity index (χ3v) is 8.93. The zero-order chi connectivity index (χ0) is 31.6. The lowest BCUT2D eigenvalue weighted by Crippen LogP contribution is -2.38. The van der Waals surface area contributed by atoms with Crippen LogP contribution in [0, 0.1) is 5.92 Å². The van der Waals surface area contributed by atoms with Gasteiger partial charge in [-0.05, 0) is 52.1 Å². The molecule has 1 heterocycles. The van der Waals surface area contributed by atoms with Crippen LogP contribution in [0.5, 0.6) is 5.75 Å². The number of thioether (sulfide) groups is 1. The van der Waals surface area contributed by atoms with Crippen molar-refractivity contribution < 1.29 is 28.8 Å². The highest BCUT2D eigenvalue weighted by Gasteiger charge is 2.38. The minimum atomic E-state index is -0.587. The number of carbonyl (C=O) groups excluding carboxylic acids is 1. The number of methoxy groups -OCH3 is 1. The molecule has 1 amide bonds. The molecule has 4 atom stereocenters. The van der Waals surface area contributed by atoms with E-state index >= 15 is 0 Å². The summed E-state index contributed by atoms with van der Waals surface area (Å²) in [5.41, 5.74) is 5.80. The molecule has 0 unspecified atom stereocenters. The van der Waals surface area contributed by atoms with Gasteiger partial charge in [-0.1, -0.05) is 92.4 Å². The lowest BCUT2D eigenvalue weighted by molar-refractivity contribution is -0.268. The summed E-state index contributed by atoms with van der Waals surface area (Å²) in [7, 11) is 1.69. The van der Waals surface area contributed by atoms with E-state index in [2.05, 4.69) is 43.1 Å². The summed E-state index contributed by atoms with van der Waals surface area (Å²) in [5, 5.41) is 12.3. The van der Waals surface area contributed by atoms with E-state index in [4.69, 9.17) is 18.9 Å². The fourth-order valence-corrected chi connectivity index (χ4v) is 6.50. The summed E-state index contributed by atoms with van der Waals surface area (Å²) in [6.45, 7) is 6.23. The minimum Gasteiger partial charge on any atom is -0.496 e. The van der Waals surface area contributed by atoms with E-state index < -0.39 is 12.4 Å². The van der Waals surface area contributed by atoms with Crippen LogP contribution in [0.25, 0.3) is 11.1 Å². The summed E-state index contributed by atoms with van der Waals surface area (Å²) in [5.74, 6) is 1.62. The maximum atomic E-state index is 11.9. The maximum Gasteiger partial charge on any atom is 0.407 e. The van der Waals surface area contributed by atoms with Crippen LogP contribution >= 0.6 is 11.8 Å². The third-order valence-electron chi connectivity index (χ3n) is 7.78. The van der Waals surface area contributed by atoms with Crippen LogP contribution in [-0.2, 0) is 27.4 Å². The van der Waals surface area contributed by atoms with Crippen molar-refractivity contribution in [3.63, 3.8) is 0 Å². The number of amides is 1. The van der Waals surface area contributed by atoms with Crippen LogP contribution in [0.4, 0.5) is 4.79 Å². The highest BCUT2D eigenvalue weighted by molar-refractivity contribution is 7.99. The van der Waals surface area contributed by atoms with Crippen LogP contribution in [0.3, 0.4) is 0 Å². The Kier molecular flexibility index (Phi) is 11.3. The molecule has 1 aliphatic heterocycles. The first-order valence-electron chi connectivity index (χ1n) is 15.0. The van der Waals surface area contributed by atoms with Crippen LogP contribution in [-0.4, -0.2) is 36.8 Å². The molecular formula is C37H39NO6S. The Morgan fingerprint density at radius 1 is 0.933 bits per heavy atom. The topological polar surface area (TPSA) is 86.3 Å². The molecule has 8 heteroatoms. The summed E-state index contributed by atoms with van der Waals surface area (Å²) < 4.78 is 24.0. The molecule has 4 aromatic rings. The highest BCUT2D eigenvalue weighted by Crippen LogP contribution is 2.44. The van der Waals surface area contributed by atoms with Crippen LogP contribution in [0.15, 0.2) is 115 Å². The monoisotopic (exact) mass is 625 g/mol. The average molecular weight is 626 g/mol. The average Bonchev–Trinajstić information content (AvgIpc) is 3.09. The van der Waals surface area contributed by atoms with Gasteiger partial charge in [0.1, 0.15) is 12.4 Å². The largest absolute Gasteiger partial charge is 0.496 e. The van der Waals surface area contributed by atoms with Crippen molar-refractivity contribution in [2.75, 3.05) is 19.5 Å². The van der Waals surface area contributed by atoms with E-state index in [1.165, 1.54) is 6.08 Å². The minimum absolute atomic E-state index is 0.00524. The van der Waals surface area contributed by atoms with E-state index in [-0.39, 0.29) is 31.3 Å². The van der Waals surface area contributed by atoms with Gasteiger partial charge < -0.3 is 29.4 Å². The lowest BCUT2D eigenvalue weighted by Gasteiger charge is -2.41. The molecule has 7 nitrogen and oxygen atoms in total. The Balaban J connectivity index is 1.38. The Hall–Kier alpha value is -4.08. The Bertz CT molecular complexity index is 1580. The molecule has 0 radical (unpaired) electrons. The molecular weight excluding hydrogens is 586 g/mol. The fourth-order valence-electron chi connectivity index (χ4n) is 5.31. The van der Waals surface area contributed by atoms with Crippen LogP contribution in [0.2, 0.25) is 0 Å². The number of para-hydroxylation sites is 1. The molecule has 45 heavy (non-hydrogen) atoms. The van der Waals surface area contributed by atoms with Crippen molar-refractivity contribution in [3.8, 4) is 16.9 Å². The zero-order valence-corrected chi connectivity index (χ0v) is 26.4. The molecule has 0 saturated carbocycles. The predicted molar refractivity (Wildman–Crippen MR) is 177 cm³/mol. The quantitative estimate of drug-likeness (QED) is 0.123. The molecule has 1 aliphatic rings. The number of carbonyl (C=O) groups is 1. The number of benzene rings is 4. The summed E-state index contributed by atoms with van der Waals surface area (Å²) in [4.78, 5) is 13.0.